The number of ether oxygens (including phenoxy) is 2. The summed E-state index contributed by atoms with van der Waals surface area (Å²) >= 11 is 0. The van der Waals surface area contributed by atoms with Crippen molar-refractivity contribution in [1.82, 2.24) is 9.55 Å². The van der Waals surface area contributed by atoms with Gasteiger partial charge in [-0.1, -0.05) is 19.1 Å². The average Bonchev–Trinajstić information content (AvgIpc) is 3.18. The number of aromatic nitrogens is 2. The summed E-state index contributed by atoms with van der Waals surface area (Å²) in [4.78, 5) is 30.5. The molecule has 7 nitrogen and oxygen atoms in total. The van der Waals surface area contributed by atoms with Gasteiger partial charge in [0.1, 0.15) is 23.8 Å². The van der Waals surface area contributed by atoms with Crippen LogP contribution in [0, 0.1) is 5.82 Å². The lowest BCUT2D eigenvalue weighted by molar-refractivity contribution is -0.274. The Bertz CT molecular complexity index is 1730. The second-order valence-corrected chi connectivity index (χ2v) is 9.58. The SMILES string of the molecule is CC[C@@]1(O)CC(=O)OCc2c1cc1n(c2=O)Cc2c-1nc1cc(F)ccc1c2-c1ccc(OC(F)(F)F)cc1. The number of carbonyl (C=O) groups is 1. The first-order valence-corrected chi connectivity index (χ1v) is 12.1. The highest BCUT2D eigenvalue weighted by atomic mass is 19.4. The molecule has 2 aromatic carbocycles. The molecule has 11 heteroatoms. The normalized spacial score (nSPS) is 18.3. The number of aliphatic hydroxyl groups is 1. The minimum atomic E-state index is -4.85. The van der Waals surface area contributed by atoms with Crippen molar-refractivity contribution in [2.45, 2.75) is 44.9 Å². The number of fused-ring (bicyclic) bond motifs is 5. The summed E-state index contributed by atoms with van der Waals surface area (Å²) in [6.45, 7) is 1.46. The summed E-state index contributed by atoms with van der Waals surface area (Å²) in [5.41, 5.74) is 1.06. The van der Waals surface area contributed by atoms with Gasteiger partial charge in [-0.05, 0) is 53.4 Å². The van der Waals surface area contributed by atoms with Gasteiger partial charge in [-0.25, -0.2) is 9.37 Å². The van der Waals surface area contributed by atoms with E-state index in [1.165, 1.54) is 47.0 Å². The van der Waals surface area contributed by atoms with Gasteiger partial charge in [-0.2, -0.15) is 0 Å². The van der Waals surface area contributed by atoms with Crippen LogP contribution >= 0.6 is 0 Å². The summed E-state index contributed by atoms with van der Waals surface area (Å²) in [6, 6.07) is 10.9. The van der Waals surface area contributed by atoms with E-state index in [1.54, 1.807) is 13.0 Å². The number of pyridine rings is 2. The van der Waals surface area contributed by atoms with Crippen LogP contribution in [0.2, 0.25) is 0 Å². The molecule has 0 spiro atoms. The molecule has 6 rings (SSSR count). The Balaban J connectivity index is 1.59. The van der Waals surface area contributed by atoms with Crippen molar-refractivity contribution in [3.63, 3.8) is 0 Å². The monoisotopic (exact) mass is 540 g/mol. The molecule has 0 aliphatic carbocycles. The van der Waals surface area contributed by atoms with Gasteiger partial charge >= 0.3 is 12.3 Å². The van der Waals surface area contributed by atoms with Crippen molar-refractivity contribution in [1.29, 1.82) is 0 Å². The summed E-state index contributed by atoms with van der Waals surface area (Å²) in [7, 11) is 0. The number of esters is 1. The Morgan fingerprint density at radius 1 is 1.10 bits per heavy atom. The molecule has 1 atom stereocenters. The van der Waals surface area contributed by atoms with Crippen molar-refractivity contribution < 1.29 is 36.9 Å². The highest BCUT2D eigenvalue weighted by Gasteiger charge is 2.40. The van der Waals surface area contributed by atoms with Crippen LogP contribution in [-0.2, 0) is 28.3 Å². The molecule has 1 N–H and O–H groups in total. The second kappa shape index (κ2) is 8.63. The minimum Gasteiger partial charge on any atom is -0.460 e. The van der Waals surface area contributed by atoms with Gasteiger partial charge in [-0.3, -0.25) is 9.59 Å². The van der Waals surface area contributed by atoms with E-state index in [0.29, 0.717) is 33.5 Å². The van der Waals surface area contributed by atoms with Crippen LogP contribution in [0.15, 0.2) is 53.3 Å². The van der Waals surface area contributed by atoms with Crippen LogP contribution in [0.1, 0.15) is 36.5 Å². The van der Waals surface area contributed by atoms with Crippen molar-refractivity contribution in [3.05, 3.63) is 81.4 Å². The molecule has 0 saturated heterocycles. The number of benzene rings is 2. The first-order valence-electron chi connectivity index (χ1n) is 12.1. The van der Waals surface area contributed by atoms with Crippen LogP contribution in [0.25, 0.3) is 33.4 Å². The molecule has 4 aromatic rings. The third-order valence-corrected chi connectivity index (χ3v) is 7.29. The summed E-state index contributed by atoms with van der Waals surface area (Å²) in [5, 5.41) is 11.9. The largest absolute Gasteiger partial charge is 0.573 e. The van der Waals surface area contributed by atoms with E-state index in [9.17, 15) is 32.3 Å². The van der Waals surface area contributed by atoms with E-state index in [2.05, 4.69) is 9.72 Å². The number of hydrogen-bond donors (Lipinski definition) is 1. The summed E-state index contributed by atoms with van der Waals surface area (Å²) < 4.78 is 63.0. The molecule has 2 aliphatic heterocycles. The van der Waals surface area contributed by atoms with E-state index in [1.807, 2.05) is 0 Å². The summed E-state index contributed by atoms with van der Waals surface area (Å²) in [5.74, 6) is -1.56. The second-order valence-electron chi connectivity index (χ2n) is 9.58. The molecule has 0 amide bonds. The van der Waals surface area contributed by atoms with Crippen molar-refractivity contribution in [3.8, 4) is 28.3 Å². The third kappa shape index (κ3) is 4.13. The molecule has 0 radical (unpaired) electrons. The maximum atomic E-state index is 14.3. The van der Waals surface area contributed by atoms with E-state index < -0.39 is 35.1 Å². The fourth-order valence-electron chi connectivity index (χ4n) is 5.40. The number of carbonyl (C=O) groups excluding carboxylic acids is 1. The molecule has 0 fully saturated rings. The number of alkyl halides is 3. The maximum Gasteiger partial charge on any atom is 0.573 e. The number of hydrogen-bond acceptors (Lipinski definition) is 6. The zero-order chi connectivity index (χ0) is 27.7. The fourth-order valence-corrected chi connectivity index (χ4v) is 5.40. The lowest BCUT2D eigenvalue weighted by Gasteiger charge is -2.26. The molecule has 39 heavy (non-hydrogen) atoms. The number of halogens is 4. The van der Waals surface area contributed by atoms with E-state index >= 15 is 0 Å². The Morgan fingerprint density at radius 3 is 2.54 bits per heavy atom. The van der Waals surface area contributed by atoms with Crippen LogP contribution in [-0.4, -0.2) is 27.0 Å². The summed E-state index contributed by atoms with van der Waals surface area (Å²) in [6.07, 6.45) is -5.02. The third-order valence-electron chi connectivity index (χ3n) is 7.29. The molecular weight excluding hydrogens is 520 g/mol. The van der Waals surface area contributed by atoms with E-state index in [-0.39, 0.29) is 42.6 Å². The lowest BCUT2D eigenvalue weighted by atomic mass is 9.85. The number of rotatable bonds is 3. The highest BCUT2D eigenvalue weighted by molar-refractivity contribution is 5.99. The Kier molecular flexibility index (Phi) is 5.55. The lowest BCUT2D eigenvalue weighted by Crippen LogP contribution is -2.32. The highest BCUT2D eigenvalue weighted by Crippen LogP contribution is 2.43. The van der Waals surface area contributed by atoms with Gasteiger partial charge in [0.25, 0.3) is 5.56 Å². The molecule has 0 unspecified atom stereocenters. The standard InChI is InChI=1S/C28H20F4N2O5/c1-2-27(37)11-23(35)38-13-19-20(27)10-22-25-18(12-34(22)26(19)36)24(17-8-5-15(29)9-21(17)33-25)14-3-6-16(7-4-14)39-28(30,31)32/h3-10,37H,2,11-13H2,1H3/t27-/m1/s1. The van der Waals surface area contributed by atoms with Crippen LogP contribution in [0.3, 0.4) is 0 Å². The predicted molar refractivity (Wildman–Crippen MR) is 131 cm³/mol. The first kappa shape index (κ1) is 25.1. The molecule has 200 valence electrons. The smallest absolute Gasteiger partial charge is 0.460 e. The zero-order valence-corrected chi connectivity index (χ0v) is 20.4. The molecule has 2 aromatic heterocycles. The van der Waals surface area contributed by atoms with Crippen molar-refractivity contribution in [2.75, 3.05) is 0 Å². The molecule has 0 bridgehead atoms. The first-order chi connectivity index (χ1) is 18.5. The average molecular weight is 540 g/mol. The van der Waals surface area contributed by atoms with E-state index in [4.69, 9.17) is 4.74 Å². The predicted octanol–water partition coefficient (Wildman–Crippen LogP) is 5.17. The van der Waals surface area contributed by atoms with Gasteiger partial charge in [-0.15, -0.1) is 13.2 Å². The van der Waals surface area contributed by atoms with Gasteiger partial charge in [0.05, 0.1) is 35.4 Å². The fraction of sp³-hybridized carbons (Fsp3) is 0.250. The van der Waals surface area contributed by atoms with Gasteiger partial charge in [0, 0.05) is 17.0 Å². The number of nitrogens with zero attached hydrogens (tertiary/aromatic N) is 2. The Hall–Kier alpha value is -4.25. The van der Waals surface area contributed by atoms with Crippen LogP contribution in [0.4, 0.5) is 17.6 Å². The Labute approximate surface area is 218 Å². The maximum absolute atomic E-state index is 14.3. The molecule has 4 heterocycles. The Morgan fingerprint density at radius 2 is 1.85 bits per heavy atom. The van der Waals surface area contributed by atoms with E-state index in [0.717, 1.165) is 0 Å². The van der Waals surface area contributed by atoms with Crippen molar-refractivity contribution >= 4 is 16.9 Å². The van der Waals surface area contributed by atoms with Crippen molar-refractivity contribution in [2.24, 2.45) is 0 Å². The zero-order valence-electron chi connectivity index (χ0n) is 20.4. The molecule has 0 saturated carbocycles. The molecular formula is C28H20F4N2O5. The molecule has 2 aliphatic rings. The van der Waals surface area contributed by atoms with Crippen LogP contribution in [0.5, 0.6) is 5.75 Å². The minimum absolute atomic E-state index is 0.0612. The quantitative estimate of drug-likeness (QED) is 0.251. The van der Waals surface area contributed by atoms with Gasteiger partial charge in [0.15, 0.2) is 0 Å². The number of cyclic esters (lactones) is 1. The van der Waals surface area contributed by atoms with Gasteiger partial charge < -0.3 is 19.1 Å². The van der Waals surface area contributed by atoms with Gasteiger partial charge in [0.2, 0.25) is 0 Å². The topological polar surface area (TPSA) is 90.7 Å². The van der Waals surface area contributed by atoms with Crippen LogP contribution < -0.4 is 10.3 Å².